The van der Waals surface area contributed by atoms with Crippen molar-refractivity contribution in [2.75, 3.05) is 0 Å². The Balaban J connectivity index is 1.98. The summed E-state index contributed by atoms with van der Waals surface area (Å²) in [6, 6.07) is 11.2. The summed E-state index contributed by atoms with van der Waals surface area (Å²) in [4.78, 5) is 3.55. The Labute approximate surface area is 113 Å². The third kappa shape index (κ3) is 3.78. The van der Waals surface area contributed by atoms with Gasteiger partial charge < -0.3 is 4.74 Å². The molecule has 0 saturated carbocycles. The second-order valence-electron chi connectivity index (χ2n) is 5.55. The quantitative estimate of drug-likeness (QED) is 0.774. The second kappa shape index (κ2) is 5.39. The summed E-state index contributed by atoms with van der Waals surface area (Å²) in [7, 11) is 0. The van der Waals surface area contributed by atoms with Crippen LogP contribution in [-0.4, -0.2) is 4.98 Å². The van der Waals surface area contributed by atoms with Crippen LogP contribution in [0.25, 0.3) is 0 Å². The van der Waals surface area contributed by atoms with Gasteiger partial charge in [-0.1, -0.05) is 45.0 Å². The highest BCUT2D eigenvalue weighted by Gasteiger charge is 2.12. The summed E-state index contributed by atoms with van der Waals surface area (Å²) >= 11 is 0. The van der Waals surface area contributed by atoms with Gasteiger partial charge in [-0.2, -0.15) is 4.39 Å². The van der Waals surface area contributed by atoms with Crippen molar-refractivity contribution < 1.29 is 9.13 Å². The number of halogens is 1. The molecule has 1 aromatic carbocycles. The van der Waals surface area contributed by atoms with E-state index in [2.05, 4.69) is 50.0 Å². The lowest BCUT2D eigenvalue weighted by atomic mass is 9.87. The van der Waals surface area contributed by atoms with Gasteiger partial charge in [0.1, 0.15) is 12.4 Å². The smallest absolute Gasteiger partial charge is 0.213 e. The maximum absolute atomic E-state index is 12.6. The van der Waals surface area contributed by atoms with Crippen LogP contribution in [0.3, 0.4) is 0 Å². The summed E-state index contributed by atoms with van der Waals surface area (Å²) in [5.41, 5.74) is 2.53. The average molecular weight is 259 g/mol. The molecule has 0 unspecified atom stereocenters. The van der Waals surface area contributed by atoms with Gasteiger partial charge in [-0.3, -0.25) is 0 Å². The van der Waals surface area contributed by atoms with Crippen LogP contribution in [0.1, 0.15) is 31.9 Å². The Bertz CT molecular complexity index is 526. The van der Waals surface area contributed by atoms with E-state index in [1.165, 1.54) is 17.8 Å². The third-order valence-corrected chi connectivity index (χ3v) is 2.93. The van der Waals surface area contributed by atoms with Crippen LogP contribution in [0.4, 0.5) is 4.39 Å². The van der Waals surface area contributed by atoms with Gasteiger partial charge in [-0.25, -0.2) is 4.98 Å². The normalized spacial score (nSPS) is 11.4. The molecule has 1 heterocycles. The fraction of sp³-hybridized carbons (Fsp3) is 0.312. The lowest BCUT2D eigenvalue weighted by Gasteiger charge is -2.19. The number of nitrogens with zero attached hydrogens (tertiary/aromatic N) is 1. The molecular weight excluding hydrogens is 241 g/mol. The van der Waals surface area contributed by atoms with Gasteiger partial charge in [0.25, 0.3) is 0 Å². The first-order valence-corrected chi connectivity index (χ1v) is 6.29. The number of benzene rings is 1. The van der Waals surface area contributed by atoms with Crippen molar-refractivity contribution in [1.82, 2.24) is 4.98 Å². The van der Waals surface area contributed by atoms with Crippen molar-refractivity contribution in [2.45, 2.75) is 32.8 Å². The summed E-state index contributed by atoms with van der Waals surface area (Å²) in [6.07, 6.45) is 1.39. The summed E-state index contributed by atoms with van der Waals surface area (Å²) in [5.74, 6) is 0.0724. The highest BCUT2D eigenvalue weighted by atomic mass is 19.1. The fourth-order valence-corrected chi connectivity index (χ4v) is 1.72. The van der Waals surface area contributed by atoms with Crippen molar-refractivity contribution >= 4 is 0 Å². The van der Waals surface area contributed by atoms with Crippen molar-refractivity contribution in [3.8, 4) is 5.75 Å². The highest BCUT2D eigenvalue weighted by molar-refractivity contribution is 5.27. The first-order chi connectivity index (χ1) is 8.95. The molecule has 0 N–H and O–H groups in total. The molecule has 0 amide bonds. The molecule has 0 aliphatic heterocycles. The van der Waals surface area contributed by atoms with E-state index in [4.69, 9.17) is 4.74 Å². The zero-order valence-electron chi connectivity index (χ0n) is 11.5. The molecule has 0 aliphatic carbocycles. The van der Waals surface area contributed by atoms with Crippen LogP contribution in [0, 0.1) is 5.95 Å². The maximum atomic E-state index is 12.6. The molecule has 100 valence electrons. The number of pyridine rings is 1. The molecule has 2 nitrogen and oxygen atoms in total. The standard InChI is InChI=1S/C16H18FNO/c1-16(2,3)13-6-4-12(5-7-13)11-19-14-8-9-15(17)18-10-14/h4-10H,11H2,1-3H3. The number of aromatic nitrogens is 1. The minimum Gasteiger partial charge on any atom is -0.487 e. The van der Waals surface area contributed by atoms with E-state index in [1.807, 2.05) is 0 Å². The summed E-state index contributed by atoms with van der Waals surface area (Å²) < 4.78 is 18.2. The second-order valence-corrected chi connectivity index (χ2v) is 5.55. The molecule has 1 aromatic heterocycles. The van der Waals surface area contributed by atoms with Crippen LogP contribution < -0.4 is 4.74 Å². The van der Waals surface area contributed by atoms with Crippen LogP contribution >= 0.6 is 0 Å². The molecule has 2 aromatic rings. The molecule has 3 heteroatoms. The van der Waals surface area contributed by atoms with Crippen molar-refractivity contribution in [3.05, 3.63) is 59.7 Å². The minimum atomic E-state index is -0.498. The fourth-order valence-electron chi connectivity index (χ4n) is 1.72. The predicted octanol–water partition coefficient (Wildman–Crippen LogP) is 4.10. The third-order valence-electron chi connectivity index (χ3n) is 2.93. The van der Waals surface area contributed by atoms with Gasteiger partial charge in [0.2, 0.25) is 5.95 Å². The van der Waals surface area contributed by atoms with Gasteiger partial charge >= 0.3 is 0 Å². The van der Waals surface area contributed by atoms with Crippen LogP contribution in [0.2, 0.25) is 0 Å². The molecule has 0 saturated heterocycles. The Morgan fingerprint density at radius 2 is 1.74 bits per heavy atom. The van der Waals surface area contributed by atoms with E-state index in [0.717, 1.165) is 5.56 Å². The van der Waals surface area contributed by atoms with Crippen molar-refractivity contribution in [1.29, 1.82) is 0 Å². The zero-order chi connectivity index (χ0) is 13.9. The molecular formula is C16H18FNO. The first-order valence-electron chi connectivity index (χ1n) is 6.29. The minimum absolute atomic E-state index is 0.153. The monoisotopic (exact) mass is 259 g/mol. The number of ether oxygens (including phenoxy) is 1. The van der Waals surface area contributed by atoms with Gasteiger partial charge in [-0.05, 0) is 28.7 Å². The van der Waals surface area contributed by atoms with E-state index < -0.39 is 5.95 Å². The topological polar surface area (TPSA) is 22.1 Å². The van der Waals surface area contributed by atoms with Crippen molar-refractivity contribution in [3.63, 3.8) is 0 Å². The average Bonchev–Trinajstić information content (AvgIpc) is 2.37. The van der Waals surface area contributed by atoms with Crippen molar-refractivity contribution in [2.24, 2.45) is 0 Å². The largest absolute Gasteiger partial charge is 0.487 e. The lowest BCUT2D eigenvalue weighted by Crippen LogP contribution is -2.10. The van der Waals surface area contributed by atoms with Gasteiger partial charge in [0, 0.05) is 0 Å². The first kappa shape index (κ1) is 13.5. The SMILES string of the molecule is CC(C)(C)c1ccc(COc2ccc(F)nc2)cc1. The Hall–Kier alpha value is -1.90. The molecule has 2 rings (SSSR count). The molecule has 0 spiro atoms. The van der Waals surface area contributed by atoms with E-state index in [9.17, 15) is 4.39 Å². The molecule has 0 atom stereocenters. The van der Waals surface area contributed by atoms with Gasteiger partial charge in [-0.15, -0.1) is 0 Å². The van der Waals surface area contributed by atoms with E-state index in [0.29, 0.717) is 12.4 Å². The Morgan fingerprint density at radius 3 is 2.26 bits per heavy atom. The number of hydrogen-bond acceptors (Lipinski definition) is 2. The van der Waals surface area contributed by atoms with E-state index in [1.54, 1.807) is 6.07 Å². The Kier molecular flexibility index (Phi) is 3.84. The number of hydrogen-bond donors (Lipinski definition) is 0. The summed E-state index contributed by atoms with van der Waals surface area (Å²) in [6.45, 7) is 7.01. The van der Waals surface area contributed by atoms with Crippen LogP contribution in [-0.2, 0) is 12.0 Å². The zero-order valence-corrected chi connectivity index (χ0v) is 11.5. The maximum Gasteiger partial charge on any atom is 0.213 e. The summed E-state index contributed by atoms with van der Waals surface area (Å²) in [5, 5.41) is 0. The van der Waals surface area contributed by atoms with E-state index in [-0.39, 0.29) is 5.41 Å². The molecule has 0 fully saturated rings. The molecule has 0 bridgehead atoms. The van der Waals surface area contributed by atoms with Crippen LogP contribution in [0.15, 0.2) is 42.6 Å². The van der Waals surface area contributed by atoms with Gasteiger partial charge in [0.05, 0.1) is 6.20 Å². The molecule has 19 heavy (non-hydrogen) atoms. The molecule has 0 aliphatic rings. The van der Waals surface area contributed by atoms with E-state index >= 15 is 0 Å². The lowest BCUT2D eigenvalue weighted by molar-refractivity contribution is 0.304. The molecule has 0 radical (unpaired) electrons. The Morgan fingerprint density at radius 1 is 1.05 bits per heavy atom. The van der Waals surface area contributed by atoms with Crippen LogP contribution in [0.5, 0.6) is 5.75 Å². The highest BCUT2D eigenvalue weighted by Crippen LogP contribution is 2.22. The number of rotatable bonds is 3. The predicted molar refractivity (Wildman–Crippen MR) is 73.7 cm³/mol. The van der Waals surface area contributed by atoms with Gasteiger partial charge in [0.15, 0.2) is 0 Å².